The Morgan fingerprint density at radius 1 is 1.47 bits per heavy atom. The van der Waals surface area contributed by atoms with Crippen molar-refractivity contribution in [2.45, 2.75) is 19.1 Å². The van der Waals surface area contributed by atoms with Crippen molar-refractivity contribution in [2.75, 3.05) is 17.8 Å². The van der Waals surface area contributed by atoms with E-state index in [1.54, 1.807) is 11.8 Å². The molecule has 0 saturated carbocycles. The van der Waals surface area contributed by atoms with Gasteiger partial charge in [0.25, 0.3) is 0 Å². The Morgan fingerprint density at radius 2 is 2.12 bits per heavy atom. The molecule has 0 radical (unpaired) electrons. The minimum atomic E-state index is -2.85. The van der Waals surface area contributed by atoms with Crippen LogP contribution in [0.1, 0.15) is 18.3 Å². The van der Waals surface area contributed by atoms with Crippen LogP contribution in [0.25, 0.3) is 0 Å². The van der Waals surface area contributed by atoms with Gasteiger partial charge in [-0.1, -0.05) is 6.92 Å². The van der Waals surface area contributed by atoms with E-state index in [9.17, 15) is 8.42 Å². The summed E-state index contributed by atoms with van der Waals surface area (Å²) < 4.78 is 24.9. The molecule has 0 aromatic carbocycles. The molecule has 1 aromatic rings. The summed E-state index contributed by atoms with van der Waals surface area (Å²) in [5.74, 6) is 1.63. The van der Waals surface area contributed by atoms with Crippen LogP contribution < -0.4 is 0 Å². The Balaban J connectivity index is 2.55. The van der Waals surface area contributed by atoms with Crippen molar-refractivity contribution in [3.8, 4) is 0 Å². The summed E-state index contributed by atoms with van der Waals surface area (Å²) in [4.78, 5) is 0. The molecular weight excluding hydrogens is 324 g/mol. The smallest absolute Gasteiger partial charge is 0.148 e. The first-order chi connectivity index (χ1) is 7.85. The predicted octanol–water partition coefficient (Wildman–Crippen LogP) is 2.02. The van der Waals surface area contributed by atoms with E-state index < -0.39 is 9.84 Å². The first-order valence-electron chi connectivity index (χ1n) is 5.31. The molecule has 0 atom stereocenters. The maximum absolute atomic E-state index is 11.0. The quantitative estimate of drug-likeness (QED) is 0.743. The Kier molecular flexibility index (Phi) is 5.53. The molecule has 0 spiro atoms. The molecule has 1 rings (SSSR count). The number of hydrogen-bond donors (Lipinski definition) is 0. The highest BCUT2D eigenvalue weighted by molar-refractivity contribution is 9.10. The number of rotatable bonds is 6. The molecule has 1 aromatic heterocycles. The van der Waals surface area contributed by atoms with Crippen LogP contribution in [0.3, 0.4) is 0 Å². The minimum absolute atomic E-state index is 0.230. The monoisotopic (exact) mass is 340 g/mol. The zero-order valence-electron chi connectivity index (χ0n) is 10.2. The highest BCUT2D eigenvalue weighted by Gasteiger charge is 2.12. The summed E-state index contributed by atoms with van der Waals surface area (Å²) in [6, 6.07) is 0. The largest absolute Gasteiger partial charge is 0.270 e. The van der Waals surface area contributed by atoms with Gasteiger partial charge >= 0.3 is 0 Å². The number of halogens is 1. The molecule has 0 saturated heterocycles. The van der Waals surface area contributed by atoms with Crippen molar-refractivity contribution in [1.82, 2.24) is 9.78 Å². The van der Waals surface area contributed by atoms with Gasteiger partial charge in [-0.15, -0.1) is 0 Å². The lowest BCUT2D eigenvalue weighted by molar-refractivity contribution is 0.603. The highest BCUT2D eigenvalue weighted by atomic mass is 79.9. The molecule has 0 fully saturated rings. The van der Waals surface area contributed by atoms with E-state index in [0.717, 1.165) is 28.0 Å². The van der Waals surface area contributed by atoms with Crippen molar-refractivity contribution in [3.05, 3.63) is 15.9 Å². The van der Waals surface area contributed by atoms with Gasteiger partial charge in [0.2, 0.25) is 0 Å². The average molecular weight is 341 g/mol. The third-order valence-electron chi connectivity index (χ3n) is 2.34. The van der Waals surface area contributed by atoms with Crippen LogP contribution in [0.4, 0.5) is 0 Å². The summed E-state index contributed by atoms with van der Waals surface area (Å²) >= 11 is 5.15. The number of sulfone groups is 1. The van der Waals surface area contributed by atoms with E-state index in [0.29, 0.717) is 5.75 Å². The predicted molar refractivity (Wildman–Crippen MR) is 76.2 cm³/mol. The highest BCUT2D eigenvalue weighted by Crippen LogP contribution is 2.25. The van der Waals surface area contributed by atoms with Crippen LogP contribution in [0.15, 0.2) is 4.47 Å². The normalized spacial score (nSPS) is 12.0. The molecule has 0 N–H and O–H groups in total. The molecule has 4 nitrogen and oxygen atoms in total. The molecule has 1 heterocycles. The van der Waals surface area contributed by atoms with Crippen molar-refractivity contribution >= 4 is 37.5 Å². The fourth-order valence-corrected chi connectivity index (χ4v) is 4.65. The van der Waals surface area contributed by atoms with Gasteiger partial charge in [0.15, 0.2) is 0 Å². The SMILES string of the molecule is CCc1nn(C)c(CSCCS(C)(=O)=O)c1Br. The summed E-state index contributed by atoms with van der Waals surface area (Å²) in [5, 5.41) is 4.39. The summed E-state index contributed by atoms with van der Waals surface area (Å²) in [5.41, 5.74) is 2.16. The Hall–Kier alpha value is -0.0100. The van der Waals surface area contributed by atoms with Gasteiger partial charge in [-0.3, -0.25) is 4.68 Å². The average Bonchev–Trinajstić information content (AvgIpc) is 2.48. The van der Waals surface area contributed by atoms with Crippen molar-refractivity contribution in [1.29, 1.82) is 0 Å². The second-order valence-corrected chi connectivity index (χ2v) is 8.02. The number of aryl methyl sites for hydroxylation is 2. The Morgan fingerprint density at radius 3 is 2.59 bits per heavy atom. The van der Waals surface area contributed by atoms with Gasteiger partial charge in [0, 0.05) is 24.8 Å². The van der Waals surface area contributed by atoms with Crippen molar-refractivity contribution in [3.63, 3.8) is 0 Å². The second-order valence-electron chi connectivity index (χ2n) is 3.87. The molecule has 0 bridgehead atoms. The van der Waals surface area contributed by atoms with E-state index in [1.807, 2.05) is 11.7 Å². The zero-order valence-corrected chi connectivity index (χ0v) is 13.5. The van der Waals surface area contributed by atoms with Crippen LogP contribution in [0, 0.1) is 0 Å². The first-order valence-corrected chi connectivity index (χ1v) is 9.31. The van der Waals surface area contributed by atoms with Crippen LogP contribution >= 0.6 is 27.7 Å². The standard InChI is InChI=1S/C10H17BrN2O2S2/c1-4-8-10(11)9(13(2)12-8)7-16-5-6-17(3,14)15/h4-7H2,1-3H3. The van der Waals surface area contributed by atoms with E-state index in [-0.39, 0.29) is 5.75 Å². The van der Waals surface area contributed by atoms with Crippen molar-refractivity contribution in [2.24, 2.45) is 7.05 Å². The van der Waals surface area contributed by atoms with Crippen LogP contribution in [0.5, 0.6) is 0 Å². The van der Waals surface area contributed by atoms with Crippen LogP contribution in [-0.2, 0) is 29.1 Å². The third kappa shape index (κ3) is 4.63. The molecule has 0 aliphatic carbocycles. The third-order valence-corrected chi connectivity index (χ3v) is 5.43. The lowest BCUT2D eigenvalue weighted by Gasteiger charge is -2.02. The number of thioether (sulfide) groups is 1. The molecule has 98 valence electrons. The maximum Gasteiger partial charge on any atom is 0.148 e. The molecule has 0 aliphatic rings. The van der Waals surface area contributed by atoms with Gasteiger partial charge < -0.3 is 0 Å². The van der Waals surface area contributed by atoms with E-state index >= 15 is 0 Å². The Bertz CT molecular complexity index is 483. The van der Waals surface area contributed by atoms with Crippen LogP contribution in [-0.4, -0.2) is 36.0 Å². The lowest BCUT2D eigenvalue weighted by Crippen LogP contribution is -2.06. The van der Waals surface area contributed by atoms with Gasteiger partial charge in [0.05, 0.1) is 21.6 Å². The fourth-order valence-electron chi connectivity index (χ4n) is 1.36. The summed E-state index contributed by atoms with van der Waals surface area (Å²) in [7, 11) is -0.940. The fraction of sp³-hybridized carbons (Fsp3) is 0.700. The molecule has 7 heteroatoms. The molecule has 0 unspecified atom stereocenters. The lowest BCUT2D eigenvalue weighted by atomic mass is 10.3. The van der Waals surface area contributed by atoms with Crippen molar-refractivity contribution < 1.29 is 8.42 Å². The van der Waals surface area contributed by atoms with Gasteiger partial charge in [-0.25, -0.2) is 8.42 Å². The number of nitrogens with zero attached hydrogens (tertiary/aromatic N) is 2. The topological polar surface area (TPSA) is 52.0 Å². The second kappa shape index (κ2) is 6.24. The summed E-state index contributed by atoms with van der Waals surface area (Å²) in [6.45, 7) is 2.06. The van der Waals surface area contributed by atoms with Gasteiger partial charge in [0.1, 0.15) is 9.84 Å². The van der Waals surface area contributed by atoms with Crippen LogP contribution in [0.2, 0.25) is 0 Å². The Labute approximate surface area is 115 Å². The van der Waals surface area contributed by atoms with Gasteiger partial charge in [-0.05, 0) is 22.4 Å². The molecular formula is C10H17BrN2O2S2. The summed E-state index contributed by atoms with van der Waals surface area (Å²) in [6.07, 6.45) is 2.16. The number of aromatic nitrogens is 2. The van der Waals surface area contributed by atoms with Gasteiger partial charge in [-0.2, -0.15) is 16.9 Å². The first kappa shape index (κ1) is 15.0. The minimum Gasteiger partial charge on any atom is -0.270 e. The molecule has 17 heavy (non-hydrogen) atoms. The molecule has 0 aliphatic heterocycles. The molecule has 0 amide bonds. The van der Waals surface area contributed by atoms with E-state index in [2.05, 4.69) is 28.0 Å². The van der Waals surface area contributed by atoms with E-state index in [4.69, 9.17) is 0 Å². The zero-order chi connectivity index (χ0) is 13.1. The number of hydrogen-bond acceptors (Lipinski definition) is 4. The van der Waals surface area contributed by atoms with E-state index in [1.165, 1.54) is 6.26 Å². The maximum atomic E-state index is 11.0.